The van der Waals surface area contributed by atoms with Gasteiger partial charge >= 0.3 is 0 Å². The Morgan fingerprint density at radius 2 is 2.04 bits per heavy atom. The van der Waals surface area contributed by atoms with E-state index in [2.05, 4.69) is 15.5 Å². The van der Waals surface area contributed by atoms with Crippen LogP contribution in [0.2, 0.25) is 0 Å². The van der Waals surface area contributed by atoms with Crippen molar-refractivity contribution >= 4 is 5.91 Å². The summed E-state index contributed by atoms with van der Waals surface area (Å²) < 4.78 is 5.21. The zero-order chi connectivity index (χ0) is 17.2. The average molecular weight is 335 g/mol. The average Bonchev–Trinajstić information content (AvgIpc) is 3.13. The fourth-order valence-electron chi connectivity index (χ4n) is 3.21. The van der Waals surface area contributed by atoms with Gasteiger partial charge in [-0.05, 0) is 30.9 Å². The number of carbonyl (C=O) groups is 1. The number of rotatable bonds is 3. The molecule has 0 radical (unpaired) electrons. The van der Waals surface area contributed by atoms with Crippen molar-refractivity contribution in [2.75, 3.05) is 0 Å². The zero-order valence-electron chi connectivity index (χ0n) is 13.5. The Labute approximate surface area is 143 Å². The Morgan fingerprint density at radius 3 is 2.88 bits per heavy atom. The van der Waals surface area contributed by atoms with Crippen LogP contribution >= 0.6 is 0 Å². The molecule has 0 saturated heterocycles. The summed E-state index contributed by atoms with van der Waals surface area (Å²) in [6.07, 6.45) is 2.55. The van der Waals surface area contributed by atoms with Gasteiger partial charge in [0, 0.05) is 23.4 Å². The molecule has 1 aliphatic carbocycles. The zero-order valence-corrected chi connectivity index (χ0v) is 13.5. The number of nitrogens with zero attached hydrogens (tertiary/aromatic N) is 1. The molecule has 126 valence electrons. The predicted molar refractivity (Wildman–Crippen MR) is 92.1 cm³/mol. The van der Waals surface area contributed by atoms with Crippen molar-refractivity contribution in [3.05, 3.63) is 75.9 Å². The monoisotopic (exact) mass is 335 g/mol. The van der Waals surface area contributed by atoms with Crippen LogP contribution in [0.1, 0.15) is 40.7 Å². The number of H-pyrrole nitrogens is 1. The Morgan fingerprint density at radius 1 is 1.20 bits per heavy atom. The Kier molecular flexibility index (Phi) is 3.93. The van der Waals surface area contributed by atoms with Crippen molar-refractivity contribution in [3.8, 4) is 11.3 Å². The maximum absolute atomic E-state index is 12.5. The van der Waals surface area contributed by atoms with Gasteiger partial charge in [0.2, 0.25) is 11.3 Å². The molecule has 6 heteroatoms. The normalized spacial score (nSPS) is 16.2. The number of hydrogen-bond acceptors (Lipinski definition) is 4. The lowest BCUT2D eigenvalue weighted by Crippen LogP contribution is -2.32. The molecule has 2 aromatic heterocycles. The van der Waals surface area contributed by atoms with Crippen LogP contribution in [-0.4, -0.2) is 16.0 Å². The SMILES string of the molecule is O=C(N[C@H]1CCCc2[nH]c(=O)ccc21)c1cc(-c2ccccc2)no1. The highest BCUT2D eigenvalue weighted by Crippen LogP contribution is 2.28. The van der Waals surface area contributed by atoms with Gasteiger partial charge < -0.3 is 14.8 Å². The van der Waals surface area contributed by atoms with E-state index in [1.54, 1.807) is 12.1 Å². The van der Waals surface area contributed by atoms with Gasteiger partial charge in [0.05, 0.1) is 6.04 Å². The first-order chi connectivity index (χ1) is 12.2. The summed E-state index contributed by atoms with van der Waals surface area (Å²) in [6, 6.07) is 14.3. The van der Waals surface area contributed by atoms with E-state index < -0.39 is 0 Å². The quantitative estimate of drug-likeness (QED) is 0.770. The topological polar surface area (TPSA) is 88.0 Å². The van der Waals surface area contributed by atoms with Crippen LogP contribution in [0.15, 0.2) is 57.8 Å². The highest BCUT2D eigenvalue weighted by atomic mass is 16.5. The number of pyridine rings is 1. The minimum absolute atomic E-state index is 0.117. The molecule has 0 spiro atoms. The van der Waals surface area contributed by atoms with Crippen LogP contribution in [0, 0.1) is 0 Å². The Balaban J connectivity index is 1.54. The van der Waals surface area contributed by atoms with Crippen molar-refractivity contribution in [2.45, 2.75) is 25.3 Å². The molecule has 1 aromatic carbocycles. The van der Waals surface area contributed by atoms with E-state index in [0.29, 0.717) is 5.69 Å². The minimum Gasteiger partial charge on any atom is -0.350 e. The number of carbonyl (C=O) groups excluding carboxylic acids is 1. The smallest absolute Gasteiger partial charge is 0.290 e. The summed E-state index contributed by atoms with van der Waals surface area (Å²) in [5, 5.41) is 6.95. The minimum atomic E-state index is -0.307. The number of fused-ring (bicyclic) bond motifs is 1. The number of benzene rings is 1. The second kappa shape index (κ2) is 6.39. The highest BCUT2D eigenvalue weighted by molar-refractivity contribution is 5.92. The fourth-order valence-corrected chi connectivity index (χ4v) is 3.21. The van der Waals surface area contributed by atoms with Gasteiger partial charge in [-0.1, -0.05) is 35.5 Å². The van der Waals surface area contributed by atoms with E-state index >= 15 is 0 Å². The summed E-state index contributed by atoms with van der Waals surface area (Å²) in [5.41, 5.74) is 3.26. The van der Waals surface area contributed by atoms with Gasteiger partial charge in [-0.2, -0.15) is 0 Å². The van der Waals surface area contributed by atoms with Gasteiger partial charge in [-0.15, -0.1) is 0 Å². The first kappa shape index (κ1) is 15.4. The van der Waals surface area contributed by atoms with E-state index in [1.807, 2.05) is 30.3 Å². The van der Waals surface area contributed by atoms with Crippen molar-refractivity contribution < 1.29 is 9.32 Å². The molecule has 1 atom stereocenters. The number of aromatic nitrogens is 2. The Hall–Kier alpha value is -3.15. The number of aromatic amines is 1. The van der Waals surface area contributed by atoms with E-state index in [-0.39, 0.29) is 23.3 Å². The molecule has 0 unspecified atom stereocenters. The first-order valence-electron chi connectivity index (χ1n) is 8.26. The molecule has 2 N–H and O–H groups in total. The molecule has 3 aromatic rings. The molecule has 1 amide bonds. The second-order valence-corrected chi connectivity index (χ2v) is 6.12. The van der Waals surface area contributed by atoms with Crippen LogP contribution in [0.4, 0.5) is 0 Å². The van der Waals surface area contributed by atoms with Crippen LogP contribution in [0.5, 0.6) is 0 Å². The summed E-state index contributed by atoms with van der Waals surface area (Å²) >= 11 is 0. The lowest BCUT2D eigenvalue weighted by atomic mass is 9.91. The van der Waals surface area contributed by atoms with Gasteiger partial charge in [-0.25, -0.2) is 0 Å². The third-order valence-electron chi connectivity index (χ3n) is 4.44. The summed E-state index contributed by atoms with van der Waals surface area (Å²) in [6.45, 7) is 0. The highest BCUT2D eigenvalue weighted by Gasteiger charge is 2.24. The van der Waals surface area contributed by atoms with Gasteiger partial charge in [0.1, 0.15) is 5.69 Å². The molecule has 0 fully saturated rings. The molecule has 25 heavy (non-hydrogen) atoms. The van der Waals surface area contributed by atoms with Crippen LogP contribution in [0.3, 0.4) is 0 Å². The van der Waals surface area contributed by atoms with Gasteiger partial charge in [0.15, 0.2) is 0 Å². The molecule has 6 nitrogen and oxygen atoms in total. The molecule has 1 aliphatic rings. The van der Waals surface area contributed by atoms with E-state index in [1.165, 1.54) is 6.07 Å². The number of hydrogen-bond donors (Lipinski definition) is 2. The number of aryl methyl sites for hydroxylation is 1. The summed E-state index contributed by atoms with van der Waals surface area (Å²) in [5.74, 6) is -0.130. The van der Waals surface area contributed by atoms with Crippen LogP contribution in [-0.2, 0) is 6.42 Å². The van der Waals surface area contributed by atoms with Gasteiger partial charge in [-0.3, -0.25) is 9.59 Å². The lowest BCUT2D eigenvalue weighted by molar-refractivity contribution is 0.0895. The molecule has 0 saturated carbocycles. The molecule has 0 aliphatic heterocycles. The fraction of sp³-hybridized carbons (Fsp3) is 0.211. The number of amides is 1. The van der Waals surface area contributed by atoms with Crippen molar-refractivity contribution in [1.29, 1.82) is 0 Å². The lowest BCUT2D eigenvalue weighted by Gasteiger charge is -2.25. The second-order valence-electron chi connectivity index (χ2n) is 6.12. The first-order valence-corrected chi connectivity index (χ1v) is 8.26. The van der Waals surface area contributed by atoms with Crippen molar-refractivity contribution in [2.24, 2.45) is 0 Å². The van der Waals surface area contributed by atoms with Crippen molar-refractivity contribution in [1.82, 2.24) is 15.5 Å². The van der Waals surface area contributed by atoms with Gasteiger partial charge in [0.25, 0.3) is 5.91 Å². The largest absolute Gasteiger partial charge is 0.350 e. The number of nitrogens with one attached hydrogen (secondary N) is 2. The Bertz CT molecular complexity index is 959. The van der Waals surface area contributed by atoms with E-state index in [9.17, 15) is 9.59 Å². The third-order valence-corrected chi connectivity index (χ3v) is 4.44. The standard InChI is InChI=1S/C19H17N3O3/c23-18-10-9-13-14(20-18)7-4-8-15(13)21-19(24)17-11-16(22-25-17)12-5-2-1-3-6-12/h1-3,5-6,9-11,15H,4,7-8H2,(H,20,23)(H,21,24)/t15-/m0/s1. The molecule has 2 heterocycles. The molecule has 4 rings (SSSR count). The van der Waals surface area contributed by atoms with Crippen LogP contribution < -0.4 is 10.9 Å². The molecule has 0 bridgehead atoms. The summed E-state index contributed by atoms with van der Waals surface area (Å²) in [4.78, 5) is 26.8. The summed E-state index contributed by atoms with van der Waals surface area (Å²) in [7, 11) is 0. The molecular formula is C19H17N3O3. The van der Waals surface area contributed by atoms with Crippen molar-refractivity contribution in [3.63, 3.8) is 0 Å². The van der Waals surface area contributed by atoms with E-state index in [0.717, 1.165) is 36.1 Å². The molecular weight excluding hydrogens is 318 g/mol. The predicted octanol–water partition coefficient (Wildman–Crippen LogP) is 2.84. The third kappa shape index (κ3) is 3.10. The maximum Gasteiger partial charge on any atom is 0.290 e. The van der Waals surface area contributed by atoms with Crippen LogP contribution in [0.25, 0.3) is 11.3 Å². The van der Waals surface area contributed by atoms with E-state index in [4.69, 9.17) is 4.52 Å². The maximum atomic E-state index is 12.5.